The van der Waals surface area contributed by atoms with E-state index in [9.17, 15) is 4.79 Å². The van der Waals surface area contributed by atoms with Gasteiger partial charge in [-0.1, -0.05) is 13.8 Å². The van der Waals surface area contributed by atoms with Crippen molar-refractivity contribution in [1.82, 2.24) is 4.90 Å². The summed E-state index contributed by atoms with van der Waals surface area (Å²) >= 11 is 0. The van der Waals surface area contributed by atoms with Crippen molar-refractivity contribution >= 4 is 5.97 Å². The molecule has 0 aliphatic rings. The van der Waals surface area contributed by atoms with Gasteiger partial charge in [-0.05, 0) is 26.2 Å². The Morgan fingerprint density at radius 1 is 1.18 bits per heavy atom. The standard InChI is InChI=1S/C13H27NO3/c1-11(2)6-8-17-9-7-14(12(3)4)10-13(15)16-5/h11-12H,6-10H2,1-5H3. The van der Waals surface area contributed by atoms with Crippen LogP contribution in [-0.4, -0.2) is 50.3 Å². The van der Waals surface area contributed by atoms with Crippen LogP contribution < -0.4 is 0 Å². The highest BCUT2D eigenvalue weighted by Crippen LogP contribution is 2.01. The van der Waals surface area contributed by atoms with E-state index in [1.54, 1.807) is 0 Å². The van der Waals surface area contributed by atoms with Gasteiger partial charge in [-0.15, -0.1) is 0 Å². The van der Waals surface area contributed by atoms with E-state index in [4.69, 9.17) is 4.74 Å². The van der Waals surface area contributed by atoms with Crippen LogP contribution in [0.1, 0.15) is 34.1 Å². The number of esters is 1. The smallest absolute Gasteiger partial charge is 0.319 e. The van der Waals surface area contributed by atoms with Gasteiger partial charge >= 0.3 is 5.97 Å². The first-order valence-corrected chi connectivity index (χ1v) is 6.36. The number of nitrogens with zero attached hydrogens (tertiary/aromatic N) is 1. The minimum absolute atomic E-state index is 0.194. The molecule has 0 amide bonds. The second-order valence-electron chi connectivity index (χ2n) is 4.94. The maximum Gasteiger partial charge on any atom is 0.319 e. The summed E-state index contributed by atoms with van der Waals surface area (Å²) in [5.41, 5.74) is 0. The Kier molecular flexibility index (Phi) is 9.09. The molecule has 0 aliphatic heterocycles. The number of methoxy groups -OCH3 is 1. The Hall–Kier alpha value is -0.610. The highest BCUT2D eigenvalue weighted by molar-refractivity contribution is 5.71. The van der Waals surface area contributed by atoms with Crippen LogP contribution in [0, 0.1) is 5.92 Å². The van der Waals surface area contributed by atoms with E-state index in [0.29, 0.717) is 25.1 Å². The SMILES string of the molecule is COC(=O)CN(CCOCCC(C)C)C(C)C. The predicted octanol–water partition coefficient (Wildman–Crippen LogP) is 1.93. The summed E-state index contributed by atoms with van der Waals surface area (Å²) in [6.45, 7) is 11.1. The van der Waals surface area contributed by atoms with Crippen LogP contribution in [0.5, 0.6) is 0 Å². The highest BCUT2D eigenvalue weighted by atomic mass is 16.5. The van der Waals surface area contributed by atoms with E-state index < -0.39 is 0 Å². The van der Waals surface area contributed by atoms with Crippen molar-refractivity contribution in [2.75, 3.05) is 33.4 Å². The average Bonchev–Trinajstić information content (AvgIpc) is 2.26. The van der Waals surface area contributed by atoms with Gasteiger partial charge in [0.2, 0.25) is 0 Å². The number of ether oxygens (including phenoxy) is 2. The molecule has 0 spiro atoms. The Balaban J connectivity index is 3.74. The first-order chi connectivity index (χ1) is 7.97. The number of hydrogen-bond donors (Lipinski definition) is 0. The third-order valence-electron chi connectivity index (χ3n) is 2.65. The fourth-order valence-corrected chi connectivity index (χ4v) is 1.35. The third kappa shape index (κ3) is 9.12. The Morgan fingerprint density at radius 3 is 2.29 bits per heavy atom. The molecule has 0 atom stereocenters. The van der Waals surface area contributed by atoms with Crippen LogP contribution in [0.2, 0.25) is 0 Å². The second-order valence-corrected chi connectivity index (χ2v) is 4.94. The molecule has 0 bridgehead atoms. The van der Waals surface area contributed by atoms with Crippen LogP contribution in [0.25, 0.3) is 0 Å². The second kappa shape index (κ2) is 9.42. The predicted molar refractivity (Wildman–Crippen MR) is 69.0 cm³/mol. The zero-order chi connectivity index (χ0) is 13.3. The zero-order valence-corrected chi connectivity index (χ0v) is 11.9. The highest BCUT2D eigenvalue weighted by Gasteiger charge is 2.13. The number of rotatable bonds is 9. The van der Waals surface area contributed by atoms with Gasteiger partial charge in [-0.25, -0.2) is 0 Å². The van der Waals surface area contributed by atoms with Crippen molar-refractivity contribution < 1.29 is 14.3 Å². The number of carbonyl (C=O) groups excluding carboxylic acids is 1. The lowest BCUT2D eigenvalue weighted by Gasteiger charge is -2.24. The molecule has 0 unspecified atom stereocenters. The van der Waals surface area contributed by atoms with Gasteiger partial charge in [0.25, 0.3) is 0 Å². The molecule has 0 radical (unpaired) electrons. The van der Waals surface area contributed by atoms with Crippen molar-refractivity contribution in [3.63, 3.8) is 0 Å². The molecule has 17 heavy (non-hydrogen) atoms. The Morgan fingerprint density at radius 2 is 1.82 bits per heavy atom. The third-order valence-corrected chi connectivity index (χ3v) is 2.65. The van der Waals surface area contributed by atoms with Crippen molar-refractivity contribution in [3.05, 3.63) is 0 Å². The lowest BCUT2D eigenvalue weighted by molar-refractivity contribution is -0.142. The first kappa shape index (κ1) is 16.4. The van der Waals surface area contributed by atoms with Crippen LogP contribution >= 0.6 is 0 Å². The largest absolute Gasteiger partial charge is 0.468 e. The summed E-state index contributed by atoms with van der Waals surface area (Å²) in [4.78, 5) is 13.3. The van der Waals surface area contributed by atoms with Crippen LogP contribution in [-0.2, 0) is 14.3 Å². The summed E-state index contributed by atoms with van der Waals surface area (Å²) in [6.07, 6.45) is 1.08. The Bertz CT molecular complexity index is 205. The molecule has 4 heteroatoms. The minimum Gasteiger partial charge on any atom is -0.468 e. The normalized spacial score (nSPS) is 11.5. The fraction of sp³-hybridized carbons (Fsp3) is 0.923. The van der Waals surface area contributed by atoms with Gasteiger partial charge in [-0.3, -0.25) is 9.69 Å². The molecule has 0 heterocycles. The summed E-state index contributed by atoms with van der Waals surface area (Å²) < 4.78 is 10.2. The van der Waals surface area contributed by atoms with Crippen LogP contribution in [0.4, 0.5) is 0 Å². The maximum atomic E-state index is 11.2. The summed E-state index contributed by atoms with van der Waals surface area (Å²) in [7, 11) is 1.42. The summed E-state index contributed by atoms with van der Waals surface area (Å²) in [5.74, 6) is 0.479. The van der Waals surface area contributed by atoms with Gasteiger partial charge < -0.3 is 9.47 Å². The maximum absolute atomic E-state index is 11.2. The average molecular weight is 245 g/mol. The van der Waals surface area contributed by atoms with E-state index in [-0.39, 0.29) is 5.97 Å². The topological polar surface area (TPSA) is 38.8 Å². The monoisotopic (exact) mass is 245 g/mol. The van der Waals surface area contributed by atoms with Crippen molar-refractivity contribution in [2.45, 2.75) is 40.2 Å². The van der Waals surface area contributed by atoms with E-state index in [2.05, 4.69) is 37.3 Å². The van der Waals surface area contributed by atoms with Crippen LogP contribution in [0.3, 0.4) is 0 Å². The van der Waals surface area contributed by atoms with Crippen LogP contribution in [0.15, 0.2) is 0 Å². The van der Waals surface area contributed by atoms with E-state index >= 15 is 0 Å². The summed E-state index contributed by atoms with van der Waals surface area (Å²) in [6, 6.07) is 0.322. The van der Waals surface area contributed by atoms with Crippen molar-refractivity contribution in [3.8, 4) is 0 Å². The molecule has 4 nitrogen and oxygen atoms in total. The number of hydrogen-bond acceptors (Lipinski definition) is 4. The molecule has 0 aliphatic carbocycles. The fourth-order valence-electron chi connectivity index (χ4n) is 1.35. The lowest BCUT2D eigenvalue weighted by Crippen LogP contribution is -2.38. The molecule has 0 N–H and O–H groups in total. The minimum atomic E-state index is -0.194. The van der Waals surface area contributed by atoms with Gasteiger partial charge in [-0.2, -0.15) is 0 Å². The van der Waals surface area contributed by atoms with Gasteiger partial charge in [0, 0.05) is 19.2 Å². The molecule has 0 aromatic rings. The van der Waals surface area contributed by atoms with Gasteiger partial charge in [0.1, 0.15) is 0 Å². The van der Waals surface area contributed by atoms with E-state index in [0.717, 1.165) is 19.6 Å². The molecule has 102 valence electrons. The molecular weight excluding hydrogens is 218 g/mol. The molecule has 0 rings (SSSR count). The number of carbonyl (C=O) groups is 1. The van der Waals surface area contributed by atoms with Gasteiger partial charge in [0.05, 0.1) is 20.3 Å². The first-order valence-electron chi connectivity index (χ1n) is 6.36. The molecule has 0 aromatic carbocycles. The summed E-state index contributed by atoms with van der Waals surface area (Å²) in [5, 5.41) is 0. The van der Waals surface area contributed by atoms with Crippen molar-refractivity contribution in [2.24, 2.45) is 5.92 Å². The quantitative estimate of drug-likeness (QED) is 0.459. The molecule has 0 saturated carbocycles. The van der Waals surface area contributed by atoms with E-state index in [1.807, 2.05) is 0 Å². The lowest BCUT2D eigenvalue weighted by atomic mass is 10.1. The zero-order valence-electron chi connectivity index (χ0n) is 11.9. The molecular formula is C13H27NO3. The van der Waals surface area contributed by atoms with E-state index in [1.165, 1.54) is 7.11 Å². The molecule has 0 fully saturated rings. The van der Waals surface area contributed by atoms with Gasteiger partial charge in [0.15, 0.2) is 0 Å². The Labute approximate surface area is 105 Å². The van der Waals surface area contributed by atoms with Crippen molar-refractivity contribution in [1.29, 1.82) is 0 Å². The molecule has 0 saturated heterocycles. The molecule has 0 aromatic heterocycles.